The van der Waals surface area contributed by atoms with E-state index in [2.05, 4.69) is 15.0 Å². The second-order valence-corrected chi connectivity index (χ2v) is 2.72. The van der Waals surface area contributed by atoms with Crippen LogP contribution in [0.25, 0.3) is 11.1 Å². The van der Waals surface area contributed by atoms with Gasteiger partial charge in [-0.25, -0.2) is 9.97 Å². The topological polar surface area (TPSA) is 51.8 Å². The molecule has 0 amide bonds. The van der Waals surface area contributed by atoms with Gasteiger partial charge in [-0.2, -0.15) is 0 Å². The molecule has 0 aliphatic heterocycles. The largest absolute Gasteiger partial charge is 0.461 e. The van der Waals surface area contributed by atoms with Crippen LogP contribution < -0.4 is 0 Å². The third kappa shape index (κ3) is 2.60. The van der Waals surface area contributed by atoms with Crippen molar-refractivity contribution in [2.45, 2.75) is 0 Å². The smallest absolute Gasteiger partial charge is 0.170 e. The summed E-state index contributed by atoms with van der Waals surface area (Å²) >= 11 is 0. The van der Waals surface area contributed by atoms with E-state index in [1.165, 1.54) is 6.33 Å². The zero-order valence-electron chi connectivity index (χ0n) is 7.95. The van der Waals surface area contributed by atoms with Gasteiger partial charge in [0.1, 0.15) is 11.8 Å². The van der Waals surface area contributed by atoms with E-state index < -0.39 is 0 Å². The molecular formula is C11H9N3O. The molecule has 0 atom stereocenters. The molecule has 4 nitrogen and oxygen atoms in total. The number of nitrogens with zero attached hydrogens (tertiary/aromatic N) is 3. The van der Waals surface area contributed by atoms with Crippen LogP contribution in [0.15, 0.2) is 59.9 Å². The van der Waals surface area contributed by atoms with Gasteiger partial charge in [0.2, 0.25) is 0 Å². The van der Waals surface area contributed by atoms with Crippen molar-refractivity contribution in [2.75, 3.05) is 0 Å². The molecule has 0 N–H and O–H groups in total. The minimum atomic E-state index is 0.734. The second-order valence-electron chi connectivity index (χ2n) is 2.72. The Morgan fingerprint density at radius 1 is 1.00 bits per heavy atom. The monoisotopic (exact) mass is 199 g/mol. The lowest BCUT2D eigenvalue weighted by atomic mass is 10.5. The molecule has 0 spiro atoms. The number of hydrogen-bond donors (Lipinski definition) is 0. The van der Waals surface area contributed by atoms with Gasteiger partial charge in [-0.3, -0.25) is 4.98 Å². The van der Waals surface area contributed by atoms with E-state index in [0.29, 0.717) is 0 Å². The molecule has 3 heterocycles. The van der Waals surface area contributed by atoms with Crippen LogP contribution in [0, 0.1) is 0 Å². The van der Waals surface area contributed by atoms with Gasteiger partial charge >= 0.3 is 0 Å². The van der Waals surface area contributed by atoms with Gasteiger partial charge in [0.25, 0.3) is 0 Å². The van der Waals surface area contributed by atoms with E-state index in [-0.39, 0.29) is 0 Å². The molecule has 0 unspecified atom stereocenters. The summed E-state index contributed by atoms with van der Waals surface area (Å²) < 4.78 is 4.99. The molecule has 15 heavy (non-hydrogen) atoms. The van der Waals surface area contributed by atoms with Crippen LogP contribution in [0.3, 0.4) is 0 Å². The van der Waals surface area contributed by atoms with Crippen molar-refractivity contribution >= 4 is 11.1 Å². The van der Waals surface area contributed by atoms with Gasteiger partial charge in [-0.1, -0.05) is 6.07 Å². The van der Waals surface area contributed by atoms with E-state index in [1.54, 1.807) is 30.9 Å². The standard InChI is InChI=1S/C6H4N2O.C5H5N/c1-2-9-6-3-7-4-8-5(1)6;1-2-4-6-5-3-1/h1-4H;1-5H. The number of aromatic nitrogens is 3. The van der Waals surface area contributed by atoms with Crippen molar-refractivity contribution in [1.82, 2.24) is 15.0 Å². The molecule has 0 aromatic carbocycles. The quantitative estimate of drug-likeness (QED) is 0.557. The maximum absolute atomic E-state index is 4.99. The number of hydrogen-bond acceptors (Lipinski definition) is 4. The molecule has 74 valence electrons. The lowest BCUT2D eigenvalue weighted by Gasteiger charge is -1.80. The Morgan fingerprint density at radius 2 is 1.87 bits per heavy atom. The Balaban J connectivity index is 0.000000124. The minimum Gasteiger partial charge on any atom is -0.461 e. The van der Waals surface area contributed by atoms with Crippen LogP contribution in [-0.4, -0.2) is 15.0 Å². The first-order chi connectivity index (χ1) is 7.47. The van der Waals surface area contributed by atoms with Gasteiger partial charge < -0.3 is 4.42 Å². The minimum absolute atomic E-state index is 0.734. The van der Waals surface area contributed by atoms with E-state index >= 15 is 0 Å². The number of furan rings is 1. The fourth-order valence-corrected chi connectivity index (χ4v) is 1.03. The van der Waals surface area contributed by atoms with E-state index in [1.807, 2.05) is 18.2 Å². The Labute approximate surface area is 86.6 Å². The molecule has 0 bridgehead atoms. The number of fused-ring (bicyclic) bond motifs is 1. The first-order valence-electron chi connectivity index (χ1n) is 4.45. The highest BCUT2D eigenvalue weighted by molar-refractivity contribution is 5.70. The van der Waals surface area contributed by atoms with Crippen LogP contribution in [0.4, 0.5) is 0 Å². The first kappa shape index (κ1) is 9.33. The number of pyridine rings is 1. The van der Waals surface area contributed by atoms with Gasteiger partial charge in [0.15, 0.2) is 5.58 Å². The summed E-state index contributed by atoms with van der Waals surface area (Å²) in [4.78, 5) is 11.5. The molecule has 0 saturated carbocycles. The maximum atomic E-state index is 4.99. The molecule has 0 fully saturated rings. The van der Waals surface area contributed by atoms with Gasteiger partial charge in [-0.15, -0.1) is 0 Å². The van der Waals surface area contributed by atoms with Crippen molar-refractivity contribution in [2.24, 2.45) is 0 Å². The van der Waals surface area contributed by atoms with Gasteiger partial charge in [-0.05, 0) is 12.1 Å². The molecule has 0 aliphatic rings. The summed E-state index contributed by atoms with van der Waals surface area (Å²) in [6.45, 7) is 0. The van der Waals surface area contributed by atoms with Crippen LogP contribution in [0.2, 0.25) is 0 Å². The molecule has 3 aromatic heterocycles. The summed E-state index contributed by atoms with van der Waals surface area (Å²) in [5.41, 5.74) is 1.59. The third-order valence-electron chi connectivity index (χ3n) is 1.70. The lowest BCUT2D eigenvalue weighted by molar-refractivity contribution is 0.613. The molecule has 0 radical (unpaired) electrons. The van der Waals surface area contributed by atoms with Crippen molar-refractivity contribution in [1.29, 1.82) is 0 Å². The molecular weight excluding hydrogens is 190 g/mol. The van der Waals surface area contributed by atoms with Crippen molar-refractivity contribution < 1.29 is 4.42 Å². The van der Waals surface area contributed by atoms with Crippen molar-refractivity contribution in [3.05, 3.63) is 55.4 Å². The third-order valence-corrected chi connectivity index (χ3v) is 1.70. The first-order valence-corrected chi connectivity index (χ1v) is 4.45. The highest BCUT2D eigenvalue weighted by Crippen LogP contribution is 2.08. The van der Waals surface area contributed by atoms with Crippen LogP contribution >= 0.6 is 0 Å². The molecule has 4 heteroatoms. The normalized spacial score (nSPS) is 9.33. The van der Waals surface area contributed by atoms with E-state index in [4.69, 9.17) is 4.42 Å². The Morgan fingerprint density at radius 3 is 2.47 bits per heavy atom. The van der Waals surface area contributed by atoms with Crippen molar-refractivity contribution in [3.63, 3.8) is 0 Å². The zero-order chi connectivity index (χ0) is 10.3. The van der Waals surface area contributed by atoms with Crippen LogP contribution in [-0.2, 0) is 0 Å². The average Bonchev–Trinajstić information content (AvgIpc) is 2.80. The van der Waals surface area contributed by atoms with Crippen LogP contribution in [0.5, 0.6) is 0 Å². The fourth-order valence-electron chi connectivity index (χ4n) is 1.03. The highest BCUT2D eigenvalue weighted by Gasteiger charge is 1.92. The Hall–Kier alpha value is -2.23. The average molecular weight is 199 g/mol. The Bertz CT molecular complexity index is 450. The SMILES string of the molecule is c1ccncc1.c1ncc2occc2n1. The van der Waals surface area contributed by atoms with Gasteiger partial charge in [0, 0.05) is 18.5 Å². The fraction of sp³-hybridized carbons (Fsp3) is 0. The maximum Gasteiger partial charge on any atom is 0.170 e. The number of rotatable bonds is 0. The molecule has 3 aromatic rings. The van der Waals surface area contributed by atoms with E-state index in [9.17, 15) is 0 Å². The van der Waals surface area contributed by atoms with Crippen molar-refractivity contribution in [3.8, 4) is 0 Å². The predicted molar refractivity (Wildman–Crippen MR) is 56.0 cm³/mol. The predicted octanol–water partition coefficient (Wildman–Crippen LogP) is 2.30. The summed E-state index contributed by atoms with van der Waals surface area (Å²) in [7, 11) is 0. The van der Waals surface area contributed by atoms with E-state index in [0.717, 1.165) is 11.1 Å². The second kappa shape index (κ2) is 4.85. The molecule has 0 saturated heterocycles. The highest BCUT2D eigenvalue weighted by atomic mass is 16.3. The molecule has 0 aliphatic carbocycles. The summed E-state index contributed by atoms with van der Waals surface area (Å²) in [6.07, 6.45) is 8.24. The summed E-state index contributed by atoms with van der Waals surface area (Å²) in [5, 5.41) is 0. The Kier molecular flexibility index (Phi) is 3.02. The molecule has 3 rings (SSSR count). The summed E-state index contributed by atoms with van der Waals surface area (Å²) in [6, 6.07) is 7.52. The summed E-state index contributed by atoms with van der Waals surface area (Å²) in [5.74, 6) is 0. The zero-order valence-corrected chi connectivity index (χ0v) is 7.95. The van der Waals surface area contributed by atoms with Crippen LogP contribution in [0.1, 0.15) is 0 Å². The van der Waals surface area contributed by atoms with Gasteiger partial charge in [0.05, 0.1) is 12.5 Å². The lowest BCUT2D eigenvalue weighted by Crippen LogP contribution is -1.72.